The quantitative estimate of drug-likeness (QED) is 0.899. The van der Waals surface area contributed by atoms with E-state index in [1.807, 2.05) is 36.4 Å². The number of ether oxygens (including phenoxy) is 1. The van der Waals surface area contributed by atoms with Gasteiger partial charge < -0.3 is 15.2 Å². The molecule has 0 radical (unpaired) electrons. The predicted molar refractivity (Wildman–Crippen MR) is 82.6 cm³/mol. The Kier molecular flexibility index (Phi) is 4.18. The van der Waals surface area contributed by atoms with E-state index in [1.54, 1.807) is 12.4 Å². The minimum absolute atomic E-state index is 0.319. The Morgan fingerprint density at radius 2 is 2.18 bits per heavy atom. The molecule has 2 N–H and O–H groups in total. The zero-order valence-corrected chi connectivity index (χ0v) is 12.2. The molecule has 1 saturated heterocycles. The van der Waals surface area contributed by atoms with Crippen molar-refractivity contribution in [1.82, 2.24) is 10.3 Å². The van der Waals surface area contributed by atoms with Crippen LogP contribution in [0.2, 0.25) is 0 Å². The summed E-state index contributed by atoms with van der Waals surface area (Å²) in [6, 6.07) is 11.7. The van der Waals surface area contributed by atoms with E-state index in [1.165, 1.54) is 0 Å². The number of carboxylic acids is 1. The summed E-state index contributed by atoms with van der Waals surface area (Å²) < 4.78 is 5.60. The highest BCUT2D eigenvalue weighted by molar-refractivity contribution is 5.78. The number of aromatic nitrogens is 1. The highest BCUT2D eigenvalue weighted by Crippen LogP contribution is 2.24. The molecule has 5 nitrogen and oxygen atoms in total. The number of carboxylic acid groups (broad SMARTS) is 1. The molecule has 0 bridgehead atoms. The van der Waals surface area contributed by atoms with Crippen LogP contribution in [0.1, 0.15) is 5.56 Å². The number of aliphatic carboxylic acids is 1. The lowest BCUT2D eigenvalue weighted by atomic mass is 9.91. The Morgan fingerprint density at radius 1 is 1.32 bits per heavy atom. The van der Waals surface area contributed by atoms with Crippen LogP contribution in [0.25, 0.3) is 11.1 Å². The van der Waals surface area contributed by atoms with Gasteiger partial charge in [-0.15, -0.1) is 0 Å². The first-order valence-corrected chi connectivity index (χ1v) is 7.27. The van der Waals surface area contributed by atoms with Gasteiger partial charge in [0.1, 0.15) is 0 Å². The van der Waals surface area contributed by atoms with Crippen molar-refractivity contribution >= 4 is 5.97 Å². The zero-order chi connectivity index (χ0) is 15.4. The number of benzene rings is 1. The smallest absolute Gasteiger partial charge is 0.337 e. The lowest BCUT2D eigenvalue weighted by molar-refractivity contribution is -0.169. The van der Waals surface area contributed by atoms with E-state index in [4.69, 9.17) is 4.74 Å². The highest BCUT2D eigenvalue weighted by atomic mass is 16.5. The number of nitrogens with zero attached hydrogens (tertiary/aromatic N) is 1. The third-order valence-electron chi connectivity index (χ3n) is 3.87. The largest absolute Gasteiger partial charge is 0.479 e. The van der Waals surface area contributed by atoms with Gasteiger partial charge in [0.15, 0.2) is 5.60 Å². The third-order valence-corrected chi connectivity index (χ3v) is 3.87. The first kappa shape index (κ1) is 14.7. The van der Waals surface area contributed by atoms with Crippen molar-refractivity contribution in [2.75, 3.05) is 19.7 Å². The second-order valence-electron chi connectivity index (χ2n) is 5.44. The molecule has 1 unspecified atom stereocenters. The first-order valence-electron chi connectivity index (χ1n) is 7.27. The molecule has 22 heavy (non-hydrogen) atoms. The van der Waals surface area contributed by atoms with Gasteiger partial charge >= 0.3 is 5.97 Å². The van der Waals surface area contributed by atoms with E-state index in [0.29, 0.717) is 26.1 Å². The van der Waals surface area contributed by atoms with Gasteiger partial charge in [0, 0.05) is 31.9 Å². The molecule has 2 aromatic rings. The summed E-state index contributed by atoms with van der Waals surface area (Å²) >= 11 is 0. The molecule has 1 fully saturated rings. The van der Waals surface area contributed by atoms with Gasteiger partial charge in [0.2, 0.25) is 0 Å². The highest BCUT2D eigenvalue weighted by Gasteiger charge is 2.41. The minimum Gasteiger partial charge on any atom is -0.479 e. The van der Waals surface area contributed by atoms with E-state index in [0.717, 1.165) is 16.7 Å². The molecule has 1 atom stereocenters. The van der Waals surface area contributed by atoms with Gasteiger partial charge in [-0.2, -0.15) is 0 Å². The Labute approximate surface area is 129 Å². The lowest BCUT2D eigenvalue weighted by Crippen LogP contribution is -2.56. The van der Waals surface area contributed by atoms with Crippen LogP contribution in [0.5, 0.6) is 0 Å². The van der Waals surface area contributed by atoms with Crippen LogP contribution >= 0.6 is 0 Å². The maximum Gasteiger partial charge on any atom is 0.337 e. The van der Waals surface area contributed by atoms with Crippen molar-refractivity contribution in [2.24, 2.45) is 0 Å². The number of rotatable bonds is 4. The molecule has 1 aromatic heterocycles. The summed E-state index contributed by atoms with van der Waals surface area (Å²) in [7, 11) is 0. The van der Waals surface area contributed by atoms with Crippen molar-refractivity contribution < 1.29 is 14.6 Å². The van der Waals surface area contributed by atoms with E-state index < -0.39 is 11.6 Å². The summed E-state index contributed by atoms with van der Waals surface area (Å²) in [5, 5.41) is 12.7. The SMILES string of the molecule is O=C(O)C1(Cc2cccc(-c3cccnc3)c2)CNCCO1. The van der Waals surface area contributed by atoms with Crippen LogP contribution in [-0.4, -0.2) is 41.4 Å². The molecular weight excluding hydrogens is 280 g/mol. The number of nitrogens with one attached hydrogen (secondary N) is 1. The van der Waals surface area contributed by atoms with Crippen LogP contribution in [0.3, 0.4) is 0 Å². The van der Waals surface area contributed by atoms with Crippen LogP contribution < -0.4 is 5.32 Å². The van der Waals surface area contributed by atoms with Gasteiger partial charge in [-0.1, -0.05) is 30.3 Å². The summed E-state index contributed by atoms with van der Waals surface area (Å²) in [6.07, 6.45) is 3.86. The Bertz CT molecular complexity index is 652. The average Bonchev–Trinajstić information content (AvgIpc) is 2.57. The predicted octanol–water partition coefficient (Wildman–Crippen LogP) is 1.73. The minimum atomic E-state index is -1.19. The molecule has 0 spiro atoms. The molecule has 0 amide bonds. The van der Waals surface area contributed by atoms with Gasteiger partial charge in [0.25, 0.3) is 0 Å². The van der Waals surface area contributed by atoms with Gasteiger partial charge in [-0.3, -0.25) is 4.98 Å². The fraction of sp³-hybridized carbons (Fsp3) is 0.294. The topological polar surface area (TPSA) is 71.5 Å². The molecule has 1 aliphatic heterocycles. The van der Waals surface area contributed by atoms with E-state index in [2.05, 4.69) is 10.3 Å². The molecule has 0 aliphatic carbocycles. The second kappa shape index (κ2) is 6.25. The van der Waals surface area contributed by atoms with Crippen molar-refractivity contribution in [1.29, 1.82) is 0 Å². The Morgan fingerprint density at radius 3 is 2.86 bits per heavy atom. The van der Waals surface area contributed by atoms with E-state index in [-0.39, 0.29) is 0 Å². The molecule has 1 aliphatic rings. The zero-order valence-electron chi connectivity index (χ0n) is 12.2. The van der Waals surface area contributed by atoms with Crippen LogP contribution in [-0.2, 0) is 16.0 Å². The number of hydrogen-bond acceptors (Lipinski definition) is 4. The molecular formula is C17H18N2O3. The summed E-state index contributed by atoms with van der Waals surface area (Å²) in [5.74, 6) is -0.925. The molecule has 114 valence electrons. The summed E-state index contributed by atoms with van der Waals surface area (Å²) in [4.78, 5) is 15.8. The van der Waals surface area contributed by atoms with E-state index >= 15 is 0 Å². The third kappa shape index (κ3) is 3.00. The second-order valence-corrected chi connectivity index (χ2v) is 5.44. The fourth-order valence-corrected chi connectivity index (χ4v) is 2.71. The van der Waals surface area contributed by atoms with Crippen LogP contribution in [0.15, 0.2) is 48.8 Å². The number of carbonyl (C=O) groups is 1. The van der Waals surface area contributed by atoms with E-state index in [9.17, 15) is 9.90 Å². The molecule has 0 saturated carbocycles. The molecule has 5 heteroatoms. The number of morpholine rings is 1. The van der Waals surface area contributed by atoms with Gasteiger partial charge in [0.05, 0.1) is 6.61 Å². The molecule has 1 aromatic carbocycles. The van der Waals surface area contributed by atoms with Gasteiger partial charge in [-0.05, 0) is 22.8 Å². The molecule has 3 rings (SSSR count). The normalized spacial score (nSPS) is 21.5. The number of hydrogen-bond donors (Lipinski definition) is 2. The average molecular weight is 298 g/mol. The first-order chi connectivity index (χ1) is 10.7. The lowest BCUT2D eigenvalue weighted by Gasteiger charge is -2.34. The van der Waals surface area contributed by atoms with Gasteiger partial charge in [-0.25, -0.2) is 4.79 Å². The summed E-state index contributed by atoms with van der Waals surface area (Å²) in [6.45, 7) is 1.42. The van der Waals surface area contributed by atoms with Crippen molar-refractivity contribution in [3.8, 4) is 11.1 Å². The monoisotopic (exact) mass is 298 g/mol. The fourth-order valence-electron chi connectivity index (χ4n) is 2.71. The maximum absolute atomic E-state index is 11.7. The maximum atomic E-state index is 11.7. The van der Waals surface area contributed by atoms with Crippen molar-refractivity contribution in [3.05, 3.63) is 54.4 Å². The Balaban J connectivity index is 1.87. The molecule has 2 heterocycles. The number of pyridine rings is 1. The van der Waals surface area contributed by atoms with Crippen LogP contribution in [0.4, 0.5) is 0 Å². The van der Waals surface area contributed by atoms with Crippen molar-refractivity contribution in [2.45, 2.75) is 12.0 Å². The Hall–Kier alpha value is -2.24. The van der Waals surface area contributed by atoms with Crippen LogP contribution in [0, 0.1) is 0 Å². The standard InChI is InChI=1S/C17H18N2O3/c20-16(21)17(12-19-7-8-22-17)10-13-3-1-4-14(9-13)15-5-2-6-18-11-15/h1-6,9,11,19H,7-8,10,12H2,(H,20,21). The summed E-state index contributed by atoms with van der Waals surface area (Å²) in [5.41, 5.74) is 1.78. The van der Waals surface area contributed by atoms with Crippen molar-refractivity contribution in [3.63, 3.8) is 0 Å².